The van der Waals surface area contributed by atoms with Gasteiger partial charge >= 0.3 is 39.5 Å². The Morgan fingerprint density at radius 3 is 0.667 bits per heavy atom. The number of carbonyl (C=O) groups is 4. The van der Waals surface area contributed by atoms with E-state index in [1.165, 1.54) is 257 Å². The Labute approximate surface area is 626 Å². The van der Waals surface area contributed by atoms with Crippen LogP contribution >= 0.6 is 15.6 Å². The molecule has 0 bridgehead atoms. The normalized spacial score (nSPS) is 13.8. The van der Waals surface area contributed by atoms with Crippen LogP contribution in [0.4, 0.5) is 0 Å². The number of aliphatic hydroxyl groups excluding tert-OH is 1. The molecule has 0 aliphatic heterocycles. The number of esters is 4. The first-order chi connectivity index (χ1) is 49.5. The van der Waals surface area contributed by atoms with Gasteiger partial charge in [0, 0.05) is 25.7 Å². The summed E-state index contributed by atoms with van der Waals surface area (Å²) in [6, 6.07) is 0. The van der Waals surface area contributed by atoms with E-state index < -0.39 is 97.5 Å². The highest BCUT2D eigenvalue weighted by molar-refractivity contribution is 7.47. The number of aliphatic hydroxyl groups is 1. The third-order valence-electron chi connectivity index (χ3n) is 19.5. The zero-order valence-electron chi connectivity index (χ0n) is 66.8. The predicted molar refractivity (Wildman–Crippen MR) is 418 cm³/mol. The van der Waals surface area contributed by atoms with Crippen molar-refractivity contribution in [3.8, 4) is 0 Å². The van der Waals surface area contributed by atoms with Gasteiger partial charge < -0.3 is 33.8 Å². The number of unbranched alkanes of at least 4 members (excludes halogenated alkanes) is 55. The Hall–Kier alpha value is -1.94. The second-order valence-corrected chi connectivity index (χ2v) is 33.3. The Morgan fingerprint density at radius 2 is 0.451 bits per heavy atom. The van der Waals surface area contributed by atoms with Gasteiger partial charge in [0.25, 0.3) is 0 Å². The summed E-state index contributed by atoms with van der Waals surface area (Å²) in [5, 5.41) is 10.6. The largest absolute Gasteiger partial charge is 0.472 e. The van der Waals surface area contributed by atoms with Gasteiger partial charge in [0.2, 0.25) is 0 Å². The SMILES string of the molecule is CCCCCCCCCCCCCCCCCCCCCCC(=O)OC[C@H](COP(=O)(O)OC[C@@H](O)COP(=O)(O)OC[C@@H](COC(=O)CCCCCCCCC)OC(=O)CCCCCCCCCCCCCCC(C)C)OC(=O)CCCCCCCCCCCCCCCCCCCCCC. The van der Waals surface area contributed by atoms with Crippen LogP contribution in [0.25, 0.3) is 0 Å². The molecule has 102 heavy (non-hydrogen) atoms. The molecule has 0 aliphatic rings. The van der Waals surface area contributed by atoms with Gasteiger partial charge in [-0.1, -0.05) is 394 Å². The number of rotatable bonds is 83. The van der Waals surface area contributed by atoms with Crippen LogP contribution in [0.5, 0.6) is 0 Å². The summed E-state index contributed by atoms with van der Waals surface area (Å²) in [4.78, 5) is 72.9. The topological polar surface area (TPSA) is 237 Å². The Bertz CT molecular complexity index is 1940. The van der Waals surface area contributed by atoms with Crippen LogP contribution in [0, 0.1) is 5.92 Å². The van der Waals surface area contributed by atoms with Crippen molar-refractivity contribution >= 4 is 39.5 Å². The minimum Gasteiger partial charge on any atom is -0.462 e. The molecule has 0 heterocycles. The zero-order valence-corrected chi connectivity index (χ0v) is 68.5. The lowest BCUT2D eigenvalue weighted by molar-refractivity contribution is -0.161. The van der Waals surface area contributed by atoms with E-state index >= 15 is 0 Å². The van der Waals surface area contributed by atoms with Gasteiger partial charge in [0.1, 0.15) is 19.3 Å². The molecule has 2 unspecified atom stereocenters. The Morgan fingerprint density at radius 1 is 0.265 bits per heavy atom. The number of phosphoric ester groups is 2. The molecular weight excluding hydrogens is 1330 g/mol. The van der Waals surface area contributed by atoms with Crippen molar-refractivity contribution in [1.29, 1.82) is 0 Å². The lowest BCUT2D eigenvalue weighted by atomic mass is 10.0. The summed E-state index contributed by atoms with van der Waals surface area (Å²) < 4.78 is 68.7. The van der Waals surface area contributed by atoms with Crippen LogP contribution < -0.4 is 0 Å². The van der Waals surface area contributed by atoms with E-state index in [1.807, 2.05) is 0 Å². The predicted octanol–water partition coefficient (Wildman–Crippen LogP) is 25.2. The number of hydrogen-bond donors (Lipinski definition) is 3. The minimum absolute atomic E-state index is 0.107. The average Bonchev–Trinajstić information content (AvgIpc) is 1.01. The fourth-order valence-electron chi connectivity index (χ4n) is 12.9. The number of ether oxygens (including phenoxy) is 4. The van der Waals surface area contributed by atoms with E-state index in [1.54, 1.807) is 0 Å². The van der Waals surface area contributed by atoms with Gasteiger partial charge in [0.15, 0.2) is 12.2 Å². The van der Waals surface area contributed by atoms with Crippen molar-refractivity contribution in [1.82, 2.24) is 0 Å². The van der Waals surface area contributed by atoms with Gasteiger partial charge in [-0.05, 0) is 31.6 Å². The molecule has 17 nitrogen and oxygen atoms in total. The molecule has 606 valence electrons. The molecule has 0 aromatic rings. The highest BCUT2D eigenvalue weighted by Gasteiger charge is 2.30. The number of hydrogen-bond acceptors (Lipinski definition) is 15. The van der Waals surface area contributed by atoms with E-state index in [2.05, 4.69) is 34.6 Å². The lowest BCUT2D eigenvalue weighted by Gasteiger charge is -2.21. The summed E-state index contributed by atoms with van der Waals surface area (Å²) in [6.07, 6.45) is 68.3. The van der Waals surface area contributed by atoms with Crippen LogP contribution in [0.3, 0.4) is 0 Å². The van der Waals surface area contributed by atoms with Gasteiger partial charge in [0.05, 0.1) is 26.4 Å². The van der Waals surface area contributed by atoms with Crippen LogP contribution in [0.15, 0.2) is 0 Å². The monoisotopic (exact) mass is 1490 g/mol. The zero-order chi connectivity index (χ0) is 74.8. The third-order valence-corrected chi connectivity index (χ3v) is 21.4. The average molecular weight is 1490 g/mol. The highest BCUT2D eigenvalue weighted by atomic mass is 31.2. The second kappa shape index (κ2) is 75.9. The van der Waals surface area contributed by atoms with Crippen LogP contribution in [-0.4, -0.2) is 96.7 Å². The standard InChI is InChI=1S/C83H162O17P2/c1-6-9-12-15-18-20-22-24-26-28-30-32-34-36-38-43-47-52-57-62-67-81(86)94-73-79(100-83(88)68-63-58-53-48-44-39-37-35-33-31-29-27-25-23-21-19-16-13-10-7-2)75-98-102(91,92)96-71-77(84)70-95-101(89,90)97-74-78(72-93-80(85)66-61-56-50-17-14-11-8-3)99-82(87)69-64-59-54-49-45-41-40-42-46-51-55-60-65-76(4)5/h76-79,84H,6-75H2,1-5H3,(H,89,90)(H,91,92)/t77-,78+,79+/m0/s1. The molecule has 0 aromatic carbocycles. The molecule has 0 saturated carbocycles. The number of phosphoric acid groups is 2. The molecule has 19 heteroatoms. The maximum atomic E-state index is 13.1. The molecule has 0 fully saturated rings. The van der Waals surface area contributed by atoms with Gasteiger partial charge in [-0.25, -0.2) is 9.13 Å². The fraction of sp³-hybridized carbons (Fsp3) is 0.952. The lowest BCUT2D eigenvalue weighted by Crippen LogP contribution is -2.30. The molecule has 0 aliphatic carbocycles. The van der Waals surface area contributed by atoms with E-state index in [-0.39, 0.29) is 25.7 Å². The van der Waals surface area contributed by atoms with E-state index in [0.29, 0.717) is 25.7 Å². The van der Waals surface area contributed by atoms with Crippen LogP contribution in [-0.2, 0) is 65.4 Å². The van der Waals surface area contributed by atoms with Crippen LogP contribution in [0.2, 0.25) is 0 Å². The molecule has 0 saturated heterocycles. The Balaban J connectivity index is 5.16. The molecule has 3 N–H and O–H groups in total. The molecule has 0 rings (SSSR count). The maximum absolute atomic E-state index is 13.1. The Kier molecular flexibility index (Phi) is 74.4. The van der Waals surface area contributed by atoms with Crippen molar-refractivity contribution < 1.29 is 80.2 Å². The van der Waals surface area contributed by atoms with Crippen LogP contribution in [0.1, 0.15) is 446 Å². The molecule has 0 aromatic heterocycles. The second-order valence-electron chi connectivity index (χ2n) is 30.3. The van der Waals surface area contributed by atoms with Crippen molar-refractivity contribution in [2.45, 2.75) is 464 Å². The van der Waals surface area contributed by atoms with Gasteiger partial charge in [-0.2, -0.15) is 0 Å². The van der Waals surface area contributed by atoms with E-state index in [0.717, 1.165) is 109 Å². The van der Waals surface area contributed by atoms with Crippen molar-refractivity contribution in [3.05, 3.63) is 0 Å². The highest BCUT2D eigenvalue weighted by Crippen LogP contribution is 2.45. The molecule has 0 radical (unpaired) electrons. The molecule has 0 amide bonds. The minimum atomic E-state index is -4.96. The van der Waals surface area contributed by atoms with Crippen molar-refractivity contribution in [3.63, 3.8) is 0 Å². The van der Waals surface area contributed by atoms with Gasteiger partial charge in [-0.3, -0.25) is 37.3 Å². The van der Waals surface area contributed by atoms with E-state index in [4.69, 9.17) is 37.0 Å². The first kappa shape index (κ1) is 100. The number of carbonyl (C=O) groups excluding carboxylic acids is 4. The molecular formula is C83H162O17P2. The third kappa shape index (κ3) is 76.3. The maximum Gasteiger partial charge on any atom is 0.472 e. The van der Waals surface area contributed by atoms with Gasteiger partial charge in [-0.15, -0.1) is 0 Å². The summed E-state index contributed by atoms with van der Waals surface area (Å²) in [5.41, 5.74) is 0. The smallest absolute Gasteiger partial charge is 0.462 e. The fourth-order valence-corrected chi connectivity index (χ4v) is 14.5. The van der Waals surface area contributed by atoms with Crippen molar-refractivity contribution in [2.24, 2.45) is 5.92 Å². The first-order valence-electron chi connectivity index (χ1n) is 43.1. The summed E-state index contributed by atoms with van der Waals surface area (Å²) >= 11 is 0. The summed E-state index contributed by atoms with van der Waals surface area (Å²) in [7, 11) is -9.92. The first-order valence-corrected chi connectivity index (χ1v) is 46.1. The quantitative estimate of drug-likeness (QED) is 0.0222. The molecule has 5 atom stereocenters. The summed E-state index contributed by atoms with van der Waals surface area (Å²) in [5.74, 6) is -1.33. The molecule has 0 spiro atoms. The van der Waals surface area contributed by atoms with Crippen molar-refractivity contribution in [2.75, 3.05) is 39.6 Å². The summed E-state index contributed by atoms with van der Waals surface area (Å²) in [6.45, 7) is 7.31. The van der Waals surface area contributed by atoms with E-state index in [9.17, 15) is 43.2 Å².